The number of aliphatic hydroxyl groups is 1. The summed E-state index contributed by atoms with van der Waals surface area (Å²) in [4.78, 5) is 11.9. The fraction of sp³-hybridized carbons (Fsp3) is 0.625. The molecule has 1 saturated carbocycles. The molecule has 1 aromatic heterocycles. The van der Waals surface area contributed by atoms with Crippen LogP contribution in [0.1, 0.15) is 22.5 Å². The van der Waals surface area contributed by atoms with Gasteiger partial charge < -0.3 is 10.4 Å². The fourth-order valence-corrected chi connectivity index (χ4v) is 1.89. The lowest BCUT2D eigenvalue weighted by Crippen LogP contribution is -2.38. The van der Waals surface area contributed by atoms with Crippen LogP contribution in [-0.4, -0.2) is 33.2 Å². The van der Waals surface area contributed by atoms with Crippen LogP contribution in [0, 0.1) is 5.92 Å². The Labute approximate surface area is 85.3 Å². The Morgan fingerprint density at radius 3 is 3.07 bits per heavy atom. The Bertz CT molecular complexity index is 308. The molecule has 1 aliphatic carbocycles. The van der Waals surface area contributed by atoms with E-state index in [9.17, 15) is 4.79 Å². The summed E-state index contributed by atoms with van der Waals surface area (Å²) < 4.78 is 3.61. The third-order valence-electron chi connectivity index (χ3n) is 2.35. The first kappa shape index (κ1) is 9.54. The number of rotatable bonds is 3. The summed E-state index contributed by atoms with van der Waals surface area (Å²) in [6.07, 6.45) is 2.87. The van der Waals surface area contributed by atoms with Gasteiger partial charge in [0, 0.05) is 6.54 Å². The summed E-state index contributed by atoms with van der Waals surface area (Å²) >= 11 is 1.09. The summed E-state index contributed by atoms with van der Waals surface area (Å²) in [7, 11) is 0. The number of aromatic nitrogens is 2. The number of nitrogens with zero attached hydrogens (tertiary/aromatic N) is 2. The van der Waals surface area contributed by atoms with Crippen LogP contribution in [0.3, 0.4) is 0 Å². The molecule has 2 N–H and O–H groups in total. The zero-order chi connectivity index (χ0) is 9.97. The van der Waals surface area contributed by atoms with E-state index in [0.29, 0.717) is 17.3 Å². The maximum absolute atomic E-state index is 11.4. The monoisotopic (exact) mass is 213 g/mol. The standard InChI is InChI=1S/C8H11N3O2S/c12-6-1-5(2-6)3-9-8(13)7-4-10-11-14-7/h4-6,12H,1-3H2,(H,9,13). The highest BCUT2D eigenvalue weighted by Gasteiger charge is 2.27. The summed E-state index contributed by atoms with van der Waals surface area (Å²) in [5.41, 5.74) is 0. The maximum Gasteiger partial charge on any atom is 0.264 e. The Balaban J connectivity index is 1.74. The normalized spacial score (nSPS) is 25.5. The van der Waals surface area contributed by atoms with Gasteiger partial charge in [-0.25, -0.2) is 0 Å². The fourth-order valence-electron chi connectivity index (χ4n) is 1.46. The number of hydrogen-bond acceptors (Lipinski definition) is 5. The SMILES string of the molecule is O=C(NCC1CC(O)C1)c1cnns1. The van der Waals surface area contributed by atoms with Crippen molar-refractivity contribution in [2.75, 3.05) is 6.54 Å². The second kappa shape index (κ2) is 4.02. The molecule has 0 unspecified atom stereocenters. The largest absolute Gasteiger partial charge is 0.393 e. The maximum atomic E-state index is 11.4. The van der Waals surface area contributed by atoms with Crippen molar-refractivity contribution < 1.29 is 9.90 Å². The highest BCUT2D eigenvalue weighted by molar-refractivity contribution is 7.07. The Kier molecular flexibility index (Phi) is 2.74. The van der Waals surface area contributed by atoms with E-state index in [1.807, 2.05) is 0 Å². The van der Waals surface area contributed by atoms with Gasteiger partial charge in [-0.2, -0.15) is 0 Å². The molecule has 14 heavy (non-hydrogen) atoms. The van der Waals surface area contributed by atoms with Crippen LogP contribution in [0.2, 0.25) is 0 Å². The molecule has 1 aromatic rings. The molecule has 2 rings (SSSR count). The van der Waals surface area contributed by atoms with E-state index in [2.05, 4.69) is 14.9 Å². The van der Waals surface area contributed by atoms with Crippen molar-refractivity contribution >= 4 is 17.4 Å². The minimum absolute atomic E-state index is 0.124. The number of nitrogens with one attached hydrogen (secondary N) is 1. The van der Waals surface area contributed by atoms with Gasteiger partial charge in [0.05, 0.1) is 12.3 Å². The molecule has 6 heteroatoms. The number of hydrogen-bond donors (Lipinski definition) is 2. The lowest BCUT2D eigenvalue weighted by molar-refractivity contribution is 0.0420. The highest BCUT2D eigenvalue weighted by atomic mass is 32.1. The Hall–Kier alpha value is -1.01. The van der Waals surface area contributed by atoms with Gasteiger partial charge >= 0.3 is 0 Å². The lowest BCUT2D eigenvalue weighted by atomic mass is 9.82. The molecule has 1 amide bonds. The van der Waals surface area contributed by atoms with Crippen molar-refractivity contribution in [3.05, 3.63) is 11.1 Å². The van der Waals surface area contributed by atoms with Crippen LogP contribution in [0.5, 0.6) is 0 Å². The molecular weight excluding hydrogens is 202 g/mol. The highest BCUT2D eigenvalue weighted by Crippen LogP contribution is 2.26. The van der Waals surface area contributed by atoms with Gasteiger partial charge in [0.15, 0.2) is 0 Å². The molecular formula is C8H11N3O2S. The zero-order valence-electron chi connectivity index (χ0n) is 7.51. The van der Waals surface area contributed by atoms with Crippen LogP contribution in [-0.2, 0) is 0 Å². The van der Waals surface area contributed by atoms with Gasteiger partial charge in [0.1, 0.15) is 4.88 Å². The van der Waals surface area contributed by atoms with E-state index in [-0.39, 0.29) is 12.0 Å². The summed E-state index contributed by atoms with van der Waals surface area (Å²) in [6.45, 7) is 0.633. The quantitative estimate of drug-likeness (QED) is 0.743. The third-order valence-corrected chi connectivity index (χ3v) is 3.01. The number of amides is 1. The van der Waals surface area contributed by atoms with Crippen molar-refractivity contribution in [2.24, 2.45) is 5.92 Å². The topological polar surface area (TPSA) is 75.1 Å². The molecule has 0 spiro atoms. The van der Waals surface area contributed by atoms with Crippen LogP contribution < -0.4 is 5.32 Å². The van der Waals surface area contributed by atoms with Gasteiger partial charge in [0.2, 0.25) is 0 Å². The van der Waals surface area contributed by atoms with Gasteiger partial charge in [-0.15, -0.1) is 5.10 Å². The molecule has 5 nitrogen and oxygen atoms in total. The molecule has 1 aliphatic rings. The predicted octanol–water partition coefficient (Wildman–Crippen LogP) is 0.0388. The minimum Gasteiger partial charge on any atom is -0.393 e. The molecule has 76 valence electrons. The number of carbonyl (C=O) groups is 1. The molecule has 0 radical (unpaired) electrons. The van der Waals surface area contributed by atoms with Crippen molar-refractivity contribution in [2.45, 2.75) is 18.9 Å². The predicted molar refractivity (Wildman–Crippen MR) is 51.0 cm³/mol. The van der Waals surface area contributed by atoms with Crippen molar-refractivity contribution in [1.29, 1.82) is 0 Å². The van der Waals surface area contributed by atoms with Gasteiger partial charge in [0.25, 0.3) is 5.91 Å². The molecule has 0 saturated heterocycles. The molecule has 0 aliphatic heterocycles. The van der Waals surface area contributed by atoms with Crippen LogP contribution in [0.25, 0.3) is 0 Å². The Morgan fingerprint density at radius 1 is 1.71 bits per heavy atom. The van der Waals surface area contributed by atoms with E-state index >= 15 is 0 Å². The molecule has 1 heterocycles. The van der Waals surface area contributed by atoms with Crippen molar-refractivity contribution in [3.63, 3.8) is 0 Å². The second-order valence-electron chi connectivity index (χ2n) is 3.48. The van der Waals surface area contributed by atoms with E-state index in [1.54, 1.807) is 0 Å². The number of aliphatic hydroxyl groups excluding tert-OH is 1. The van der Waals surface area contributed by atoms with Gasteiger partial charge in [-0.1, -0.05) is 4.49 Å². The first-order valence-electron chi connectivity index (χ1n) is 4.49. The zero-order valence-corrected chi connectivity index (χ0v) is 8.33. The van der Waals surface area contributed by atoms with Crippen LogP contribution >= 0.6 is 11.5 Å². The van der Waals surface area contributed by atoms with Gasteiger partial charge in [-0.3, -0.25) is 4.79 Å². The first-order valence-corrected chi connectivity index (χ1v) is 5.26. The van der Waals surface area contributed by atoms with Gasteiger partial charge in [-0.05, 0) is 30.3 Å². The molecule has 1 fully saturated rings. The third kappa shape index (κ3) is 2.08. The van der Waals surface area contributed by atoms with E-state index in [0.717, 1.165) is 24.4 Å². The first-order chi connectivity index (χ1) is 6.75. The molecule has 0 atom stereocenters. The van der Waals surface area contributed by atoms with E-state index in [4.69, 9.17) is 5.11 Å². The van der Waals surface area contributed by atoms with Crippen LogP contribution in [0.15, 0.2) is 6.20 Å². The van der Waals surface area contributed by atoms with Crippen molar-refractivity contribution in [3.8, 4) is 0 Å². The average Bonchev–Trinajstić information content (AvgIpc) is 2.62. The smallest absolute Gasteiger partial charge is 0.264 e. The van der Waals surface area contributed by atoms with E-state index < -0.39 is 0 Å². The Morgan fingerprint density at radius 2 is 2.50 bits per heavy atom. The average molecular weight is 213 g/mol. The molecule has 0 aromatic carbocycles. The number of carbonyl (C=O) groups excluding carboxylic acids is 1. The van der Waals surface area contributed by atoms with E-state index in [1.165, 1.54) is 6.20 Å². The van der Waals surface area contributed by atoms with Crippen molar-refractivity contribution in [1.82, 2.24) is 14.9 Å². The second-order valence-corrected chi connectivity index (χ2v) is 4.27. The minimum atomic E-state index is -0.165. The summed E-state index contributed by atoms with van der Waals surface area (Å²) in [5, 5.41) is 15.4. The lowest BCUT2D eigenvalue weighted by Gasteiger charge is -2.31. The summed E-state index contributed by atoms with van der Waals surface area (Å²) in [5.74, 6) is 0.302. The molecule has 0 bridgehead atoms. The van der Waals surface area contributed by atoms with Crippen LogP contribution in [0.4, 0.5) is 0 Å². The summed E-state index contributed by atoms with van der Waals surface area (Å²) in [6, 6.07) is 0.